The summed E-state index contributed by atoms with van der Waals surface area (Å²) in [5, 5.41) is 6.12. The van der Waals surface area contributed by atoms with Crippen LogP contribution in [0.4, 0.5) is 11.5 Å². The Bertz CT molecular complexity index is 667. The summed E-state index contributed by atoms with van der Waals surface area (Å²) in [6.07, 6.45) is 0.925. The smallest absolute Gasteiger partial charge is 0.270 e. The first-order valence-electron chi connectivity index (χ1n) is 7.51. The second kappa shape index (κ2) is 7.02. The SMILES string of the molecule is CCc1ccccc1Nc1cc(C(=O)NC(C)C)nc(C)n1. The van der Waals surface area contributed by atoms with Crippen molar-refractivity contribution in [2.75, 3.05) is 5.32 Å². The molecule has 0 aliphatic rings. The molecule has 5 nitrogen and oxygen atoms in total. The molecule has 116 valence electrons. The van der Waals surface area contributed by atoms with Crippen LogP contribution in [-0.4, -0.2) is 21.9 Å². The minimum Gasteiger partial charge on any atom is -0.349 e. The summed E-state index contributed by atoms with van der Waals surface area (Å²) < 4.78 is 0. The fourth-order valence-corrected chi connectivity index (χ4v) is 2.17. The number of nitrogens with one attached hydrogen (secondary N) is 2. The molecule has 2 N–H and O–H groups in total. The average molecular weight is 298 g/mol. The molecule has 1 aromatic carbocycles. The fourth-order valence-electron chi connectivity index (χ4n) is 2.17. The van der Waals surface area contributed by atoms with E-state index in [-0.39, 0.29) is 11.9 Å². The summed E-state index contributed by atoms with van der Waals surface area (Å²) >= 11 is 0. The summed E-state index contributed by atoms with van der Waals surface area (Å²) in [5.41, 5.74) is 2.57. The lowest BCUT2D eigenvalue weighted by molar-refractivity contribution is 0.0937. The van der Waals surface area contributed by atoms with Gasteiger partial charge in [-0.15, -0.1) is 0 Å². The van der Waals surface area contributed by atoms with Gasteiger partial charge in [0.05, 0.1) is 0 Å². The Hall–Kier alpha value is -2.43. The molecule has 0 aliphatic carbocycles. The van der Waals surface area contributed by atoms with E-state index >= 15 is 0 Å². The van der Waals surface area contributed by atoms with E-state index in [0.717, 1.165) is 12.1 Å². The molecule has 22 heavy (non-hydrogen) atoms. The number of para-hydroxylation sites is 1. The number of carbonyl (C=O) groups is 1. The van der Waals surface area contributed by atoms with E-state index in [9.17, 15) is 4.79 Å². The molecule has 1 heterocycles. The van der Waals surface area contributed by atoms with E-state index in [1.807, 2.05) is 32.0 Å². The molecule has 0 saturated carbocycles. The molecule has 0 saturated heterocycles. The van der Waals surface area contributed by atoms with Gasteiger partial charge in [-0.2, -0.15) is 0 Å². The highest BCUT2D eigenvalue weighted by molar-refractivity contribution is 5.93. The van der Waals surface area contributed by atoms with Crippen LogP contribution in [0.25, 0.3) is 0 Å². The minimum absolute atomic E-state index is 0.0694. The third-order valence-electron chi connectivity index (χ3n) is 3.15. The van der Waals surface area contributed by atoms with E-state index in [1.54, 1.807) is 13.0 Å². The Balaban J connectivity index is 2.28. The maximum absolute atomic E-state index is 12.1. The lowest BCUT2D eigenvalue weighted by Gasteiger charge is -2.12. The molecule has 1 aromatic heterocycles. The number of benzene rings is 1. The predicted octanol–water partition coefficient (Wildman–Crippen LogP) is 3.23. The Morgan fingerprint density at radius 1 is 1.23 bits per heavy atom. The first kappa shape index (κ1) is 15.9. The van der Waals surface area contributed by atoms with Crippen molar-refractivity contribution in [2.24, 2.45) is 0 Å². The Morgan fingerprint density at radius 3 is 2.64 bits per heavy atom. The van der Waals surface area contributed by atoms with Gasteiger partial charge in [0, 0.05) is 17.8 Å². The summed E-state index contributed by atoms with van der Waals surface area (Å²) in [6, 6.07) is 9.81. The van der Waals surface area contributed by atoms with Crippen molar-refractivity contribution in [1.29, 1.82) is 0 Å². The summed E-state index contributed by atoms with van der Waals surface area (Å²) in [6.45, 7) is 7.72. The van der Waals surface area contributed by atoms with E-state index in [2.05, 4.69) is 33.6 Å². The molecule has 5 heteroatoms. The molecule has 0 unspecified atom stereocenters. The number of hydrogen-bond acceptors (Lipinski definition) is 4. The van der Waals surface area contributed by atoms with Crippen molar-refractivity contribution in [3.05, 3.63) is 47.4 Å². The van der Waals surface area contributed by atoms with Crippen LogP contribution >= 0.6 is 0 Å². The van der Waals surface area contributed by atoms with Gasteiger partial charge in [0.15, 0.2) is 0 Å². The van der Waals surface area contributed by atoms with Crippen molar-refractivity contribution in [2.45, 2.75) is 40.2 Å². The van der Waals surface area contributed by atoms with Crippen molar-refractivity contribution >= 4 is 17.4 Å². The molecule has 0 bridgehead atoms. The Labute approximate surface area is 131 Å². The molecule has 2 rings (SSSR count). The largest absolute Gasteiger partial charge is 0.349 e. The van der Waals surface area contributed by atoms with Gasteiger partial charge < -0.3 is 10.6 Å². The highest BCUT2D eigenvalue weighted by atomic mass is 16.1. The second-order valence-corrected chi connectivity index (χ2v) is 5.45. The molecule has 1 amide bonds. The van der Waals surface area contributed by atoms with Gasteiger partial charge >= 0.3 is 0 Å². The maximum Gasteiger partial charge on any atom is 0.270 e. The van der Waals surface area contributed by atoms with Gasteiger partial charge in [0.2, 0.25) is 0 Å². The van der Waals surface area contributed by atoms with Crippen LogP contribution < -0.4 is 10.6 Å². The number of nitrogens with zero attached hydrogens (tertiary/aromatic N) is 2. The third-order valence-corrected chi connectivity index (χ3v) is 3.15. The molecular weight excluding hydrogens is 276 g/mol. The topological polar surface area (TPSA) is 66.9 Å². The first-order valence-corrected chi connectivity index (χ1v) is 7.51. The van der Waals surface area contributed by atoms with Gasteiger partial charge in [-0.1, -0.05) is 25.1 Å². The van der Waals surface area contributed by atoms with E-state index in [1.165, 1.54) is 5.56 Å². The Morgan fingerprint density at radius 2 is 1.95 bits per heavy atom. The number of rotatable bonds is 5. The maximum atomic E-state index is 12.1. The lowest BCUT2D eigenvalue weighted by atomic mass is 10.1. The predicted molar refractivity (Wildman–Crippen MR) is 88.5 cm³/mol. The molecule has 0 radical (unpaired) electrons. The molecule has 0 aliphatic heterocycles. The summed E-state index contributed by atoms with van der Waals surface area (Å²) in [5.74, 6) is 1.00. The zero-order chi connectivity index (χ0) is 16.1. The number of aromatic nitrogens is 2. The van der Waals surface area contributed by atoms with E-state index in [4.69, 9.17) is 0 Å². The summed E-state index contributed by atoms with van der Waals surface area (Å²) in [7, 11) is 0. The van der Waals surface area contributed by atoms with Crippen LogP contribution in [0.2, 0.25) is 0 Å². The molecule has 0 spiro atoms. The monoisotopic (exact) mass is 298 g/mol. The average Bonchev–Trinajstić information content (AvgIpc) is 2.46. The van der Waals surface area contributed by atoms with Gasteiger partial charge in [-0.3, -0.25) is 4.79 Å². The van der Waals surface area contributed by atoms with Crippen molar-refractivity contribution in [3.63, 3.8) is 0 Å². The van der Waals surface area contributed by atoms with Crippen LogP contribution in [0.1, 0.15) is 42.6 Å². The van der Waals surface area contributed by atoms with Gasteiger partial charge in [0.25, 0.3) is 5.91 Å². The van der Waals surface area contributed by atoms with Crippen LogP contribution in [0.15, 0.2) is 30.3 Å². The minimum atomic E-state index is -0.188. The standard InChI is InChI=1S/C17H22N4O/c1-5-13-8-6-7-9-14(13)21-16-10-15(19-12(4)20-16)17(22)18-11(2)3/h6-11H,5H2,1-4H3,(H,18,22)(H,19,20,21). The number of amides is 1. The number of carbonyl (C=O) groups excluding carboxylic acids is 1. The van der Waals surface area contributed by atoms with Gasteiger partial charge in [-0.25, -0.2) is 9.97 Å². The van der Waals surface area contributed by atoms with Gasteiger partial charge in [0.1, 0.15) is 17.3 Å². The van der Waals surface area contributed by atoms with Crippen molar-refractivity contribution in [3.8, 4) is 0 Å². The molecular formula is C17H22N4O. The van der Waals surface area contributed by atoms with E-state index in [0.29, 0.717) is 17.3 Å². The Kier molecular flexibility index (Phi) is 5.09. The van der Waals surface area contributed by atoms with Crippen LogP contribution in [0.3, 0.4) is 0 Å². The second-order valence-electron chi connectivity index (χ2n) is 5.45. The number of aryl methyl sites for hydroxylation is 2. The first-order chi connectivity index (χ1) is 10.5. The zero-order valence-corrected chi connectivity index (χ0v) is 13.5. The molecule has 2 aromatic rings. The highest BCUT2D eigenvalue weighted by Gasteiger charge is 2.12. The van der Waals surface area contributed by atoms with Gasteiger partial charge in [-0.05, 0) is 38.8 Å². The zero-order valence-electron chi connectivity index (χ0n) is 13.5. The number of anilines is 2. The molecule has 0 fully saturated rings. The van der Waals surface area contributed by atoms with Crippen LogP contribution in [0, 0.1) is 6.92 Å². The van der Waals surface area contributed by atoms with Crippen LogP contribution in [-0.2, 0) is 6.42 Å². The quantitative estimate of drug-likeness (QED) is 0.889. The summed E-state index contributed by atoms with van der Waals surface area (Å²) in [4.78, 5) is 20.7. The number of hydrogen-bond donors (Lipinski definition) is 2. The van der Waals surface area contributed by atoms with Crippen molar-refractivity contribution < 1.29 is 4.79 Å². The van der Waals surface area contributed by atoms with Crippen molar-refractivity contribution in [1.82, 2.24) is 15.3 Å². The third kappa shape index (κ3) is 4.04. The highest BCUT2D eigenvalue weighted by Crippen LogP contribution is 2.20. The lowest BCUT2D eigenvalue weighted by Crippen LogP contribution is -2.31. The van der Waals surface area contributed by atoms with E-state index < -0.39 is 0 Å². The fraction of sp³-hybridized carbons (Fsp3) is 0.353. The molecule has 0 atom stereocenters. The normalized spacial score (nSPS) is 10.6. The van der Waals surface area contributed by atoms with Crippen LogP contribution in [0.5, 0.6) is 0 Å².